The fraction of sp³-hybridized carbons (Fsp3) is 0.438. The summed E-state index contributed by atoms with van der Waals surface area (Å²) in [7, 11) is 2.16. The predicted molar refractivity (Wildman–Crippen MR) is 86.9 cm³/mol. The molecule has 1 aromatic carbocycles. The third-order valence-corrected chi connectivity index (χ3v) is 4.95. The molecule has 0 saturated carbocycles. The number of benzene rings is 1. The van der Waals surface area contributed by atoms with Gasteiger partial charge in [-0.2, -0.15) is 0 Å². The van der Waals surface area contributed by atoms with E-state index in [4.69, 9.17) is 0 Å². The molecule has 0 spiro atoms. The van der Waals surface area contributed by atoms with Crippen molar-refractivity contribution in [3.8, 4) is 0 Å². The molecule has 4 heteroatoms. The van der Waals surface area contributed by atoms with Crippen LogP contribution in [0.15, 0.2) is 35.7 Å². The molecule has 1 aliphatic rings. The van der Waals surface area contributed by atoms with Crippen molar-refractivity contribution >= 4 is 22.2 Å². The first-order valence-electron chi connectivity index (χ1n) is 7.15. The molecule has 0 amide bonds. The van der Waals surface area contributed by atoms with Crippen LogP contribution in [0.1, 0.15) is 12.1 Å². The molecule has 1 fully saturated rings. The number of para-hydroxylation sites is 1. The normalized spacial score (nSPS) is 18.5. The van der Waals surface area contributed by atoms with Crippen LogP contribution in [0.5, 0.6) is 0 Å². The van der Waals surface area contributed by atoms with Gasteiger partial charge in [0.1, 0.15) is 0 Å². The van der Waals surface area contributed by atoms with Gasteiger partial charge in [-0.05, 0) is 31.4 Å². The second-order valence-electron chi connectivity index (χ2n) is 5.59. The minimum atomic E-state index is 0.726. The maximum absolute atomic E-state index is 4.56. The average molecular weight is 287 g/mol. The van der Waals surface area contributed by atoms with Gasteiger partial charge < -0.3 is 9.80 Å². The van der Waals surface area contributed by atoms with Gasteiger partial charge in [0.2, 0.25) is 0 Å². The summed E-state index contributed by atoms with van der Waals surface area (Å²) in [6.45, 7) is 5.47. The summed E-state index contributed by atoms with van der Waals surface area (Å²) in [4.78, 5) is 9.35. The van der Waals surface area contributed by atoms with Crippen molar-refractivity contribution in [3.63, 3.8) is 0 Å². The Hall–Kier alpha value is -1.55. The highest BCUT2D eigenvalue weighted by Gasteiger charge is 2.24. The molecule has 0 unspecified atom stereocenters. The summed E-state index contributed by atoms with van der Waals surface area (Å²) in [6, 6.07) is 10.7. The first-order chi connectivity index (χ1) is 9.72. The number of anilines is 2. The number of hydrogen-bond donors (Lipinski definition) is 0. The molecule has 2 aromatic rings. The number of aromatic nitrogens is 1. The fourth-order valence-corrected chi connectivity index (χ4v) is 3.62. The van der Waals surface area contributed by atoms with Gasteiger partial charge in [0.05, 0.1) is 5.69 Å². The van der Waals surface area contributed by atoms with Crippen LogP contribution < -0.4 is 9.80 Å². The Morgan fingerprint density at radius 1 is 1.35 bits per heavy atom. The van der Waals surface area contributed by atoms with E-state index in [0.717, 1.165) is 29.8 Å². The van der Waals surface area contributed by atoms with Crippen molar-refractivity contribution in [2.45, 2.75) is 13.3 Å². The molecule has 106 valence electrons. The predicted octanol–water partition coefficient (Wildman–Crippen LogP) is 3.41. The molecule has 1 saturated heterocycles. The number of nitrogens with zero attached hydrogens (tertiary/aromatic N) is 3. The van der Waals surface area contributed by atoms with E-state index >= 15 is 0 Å². The van der Waals surface area contributed by atoms with Gasteiger partial charge in [-0.1, -0.05) is 18.2 Å². The van der Waals surface area contributed by atoms with E-state index < -0.39 is 0 Å². The minimum Gasteiger partial charge on any atom is -0.371 e. The van der Waals surface area contributed by atoms with E-state index in [1.165, 1.54) is 18.7 Å². The van der Waals surface area contributed by atoms with Crippen LogP contribution >= 0.6 is 11.3 Å². The molecule has 20 heavy (non-hydrogen) atoms. The van der Waals surface area contributed by atoms with Crippen molar-refractivity contribution in [3.05, 3.63) is 41.4 Å². The summed E-state index contributed by atoms with van der Waals surface area (Å²) in [6.07, 6.45) is 1.27. The Kier molecular flexibility index (Phi) is 3.92. The summed E-state index contributed by atoms with van der Waals surface area (Å²) in [5.41, 5.74) is 2.47. The molecule has 0 radical (unpaired) electrons. The lowest BCUT2D eigenvalue weighted by molar-refractivity contribution is 0.583. The number of hydrogen-bond acceptors (Lipinski definition) is 4. The monoisotopic (exact) mass is 287 g/mol. The molecule has 0 bridgehead atoms. The number of rotatable bonds is 4. The first kappa shape index (κ1) is 13.4. The minimum absolute atomic E-state index is 0.726. The van der Waals surface area contributed by atoms with Crippen molar-refractivity contribution in [2.75, 3.05) is 36.5 Å². The smallest absolute Gasteiger partial charge is 0.185 e. The quantitative estimate of drug-likeness (QED) is 0.859. The van der Waals surface area contributed by atoms with Crippen LogP contribution in [-0.4, -0.2) is 31.7 Å². The van der Waals surface area contributed by atoms with E-state index in [0.29, 0.717) is 0 Å². The third kappa shape index (κ3) is 2.96. The number of thiazole rings is 1. The van der Waals surface area contributed by atoms with Gasteiger partial charge >= 0.3 is 0 Å². The summed E-state index contributed by atoms with van der Waals surface area (Å²) in [5, 5.41) is 3.26. The molecule has 2 heterocycles. The highest BCUT2D eigenvalue weighted by Crippen LogP contribution is 2.26. The maximum atomic E-state index is 4.56. The molecule has 3 rings (SSSR count). The van der Waals surface area contributed by atoms with Gasteiger partial charge in [-0.3, -0.25) is 0 Å². The van der Waals surface area contributed by atoms with Gasteiger partial charge in [0.15, 0.2) is 5.13 Å². The zero-order valence-corrected chi connectivity index (χ0v) is 12.9. The Morgan fingerprint density at radius 3 is 2.85 bits per heavy atom. The lowest BCUT2D eigenvalue weighted by Crippen LogP contribution is -2.28. The molecule has 1 atom stereocenters. The molecular formula is C16H21N3S. The molecule has 3 nitrogen and oxygen atoms in total. The van der Waals surface area contributed by atoms with Crippen LogP contribution in [0.2, 0.25) is 0 Å². The summed E-state index contributed by atoms with van der Waals surface area (Å²) < 4.78 is 0. The Morgan fingerprint density at radius 2 is 2.15 bits per heavy atom. The number of aryl methyl sites for hydroxylation is 1. The van der Waals surface area contributed by atoms with Crippen LogP contribution in [0.4, 0.5) is 10.8 Å². The van der Waals surface area contributed by atoms with Crippen molar-refractivity contribution in [2.24, 2.45) is 5.92 Å². The van der Waals surface area contributed by atoms with Crippen molar-refractivity contribution < 1.29 is 0 Å². The second kappa shape index (κ2) is 5.83. The topological polar surface area (TPSA) is 19.4 Å². The standard InChI is InChI=1S/C16H21N3S/c1-13-12-20-16(17-13)18(2)10-14-8-9-19(11-14)15-6-4-3-5-7-15/h3-7,12,14H,8-11H2,1-2H3/t14-/m0/s1. The van der Waals surface area contributed by atoms with Gasteiger partial charge in [-0.15, -0.1) is 11.3 Å². The Balaban J connectivity index is 1.58. The van der Waals surface area contributed by atoms with Crippen LogP contribution in [0, 0.1) is 12.8 Å². The van der Waals surface area contributed by atoms with Crippen LogP contribution in [0.3, 0.4) is 0 Å². The van der Waals surface area contributed by atoms with Gasteiger partial charge in [-0.25, -0.2) is 4.98 Å². The molecule has 0 aliphatic carbocycles. The third-order valence-electron chi connectivity index (χ3n) is 3.87. The second-order valence-corrected chi connectivity index (χ2v) is 6.42. The van der Waals surface area contributed by atoms with E-state index in [1.807, 2.05) is 0 Å². The largest absolute Gasteiger partial charge is 0.371 e. The zero-order chi connectivity index (χ0) is 13.9. The van der Waals surface area contributed by atoms with E-state index in [-0.39, 0.29) is 0 Å². The highest BCUT2D eigenvalue weighted by atomic mass is 32.1. The van der Waals surface area contributed by atoms with Gasteiger partial charge in [0.25, 0.3) is 0 Å². The molecule has 1 aromatic heterocycles. The lowest BCUT2D eigenvalue weighted by Gasteiger charge is -2.22. The van der Waals surface area contributed by atoms with Gasteiger partial charge in [0, 0.05) is 37.7 Å². The van der Waals surface area contributed by atoms with Crippen LogP contribution in [-0.2, 0) is 0 Å². The van der Waals surface area contributed by atoms with Crippen molar-refractivity contribution in [1.82, 2.24) is 4.98 Å². The zero-order valence-electron chi connectivity index (χ0n) is 12.1. The first-order valence-corrected chi connectivity index (χ1v) is 8.03. The van der Waals surface area contributed by atoms with E-state index in [2.05, 4.69) is 64.5 Å². The molecule has 1 aliphatic heterocycles. The highest BCUT2D eigenvalue weighted by molar-refractivity contribution is 7.13. The average Bonchev–Trinajstić information content (AvgIpc) is 3.09. The fourth-order valence-electron chi connectivity index (χ4n) is 2.84. The molecular weight excluding hydrogens is 266 g/mol. The lowest BCUT2D eigenvalue weighted by atomic mass is 10.1. The summed E-state index contributed by atoms with van der Waals surface area (Å²) >= 11 is 1.74. The van der Waals surface area contributed by atoms with Crippen LogP contribution in [0.25, 0.3) is 0 Å². The SMILES string of the molecule is Cc1csc(N(C)C[C@@H]2CCN(c3ccccc3)C2)n1. The Bertz CT molecular complexity index is 552. The summed E-state index contributed by atoms with van der Waals surface area (Å²) in [5.74, 6) is 0.726. The van der Waals surface area contributed by atoms with Crippen molar-refractivity contribution in [1.29, 1.82) is 0 Å². The Labute approximate surface area is 124 Å². The maximum Gasteiger partial charge on any atom is 0.185 e. The van der Waals surface area contributed by atoms with E-state index in [1.54, 1.807) is 11.3 Å². The van der Waals surface area contributed by atoms with E-state index in [9.17, 15) is 0 Å². The molecule has 0 N–H and O–H groups in total.